The highest BCUT2D eigenvalue weighted by molar-refractivity contribution is 7.15. The van der Waals surface area contributed by atoms with Crippen molar-refractivity contribution in [2.24, 2.45) is 0 Å². The highest BCUT2D eigenvalue weighted by atomic mass is 35.5. The van der Waals surface area contributed by atoms with Crippen molar-refractivity contribution in [1.82, 2.24) is 14.9 Å². The fourth-order valence-corrected chi connectivity index (χ4v) is 4.25. The van der Waals surface area contributed by atoms with Crippen molar-refractivity contribution < 1.29 is 4.74 Å². The van der Waals surface area contributed by atoms with Gasteiger partial charge in [-0.2, -0.15) is 0 Å². The van der Waals surface area contributed by atoms with E-state index in [0.717, 1.165) is 43.4 Å². The largest absolute Gasteiger partial charge is 0.485 e. The number of nitrogens with one attached hydrogen (secondary N) is 1. The van der Waals surface area contributed by atoms with Gasteiger partial charge >= 0.3 is 0 Å². The molecule has 2 aromatic rings. The van der Waals surface area contributed by atoms with Crippen LogP contribution < -0.4 is 10.1 Å². The van der Waals surface area contributed by atoms with E-state index in [-0.39, 0.29) is 5.60 Å². The number of nitrogens with zero attached hydrogens (tertiary/aromatic N) is 3. The molecular formula is C15H17ClN4OS. The molecule has 5 nitrogen and oxygen atoms in total. The van der Waals surface area contributed by atoms with Crippen LogP contribution in [0.5, 0.6) is 5.75 Å². The van der Waals surface area contributed by atoms with Crippen molar-refractivity contribution in [3.63, 3.8) is 0 Å². The Labute approximate surface area is 138 Å². The number of halogens is 1. The molecule has 0 aromatic carbocycles. The monoisotopic (exact) mass is 336 g/mol. The molecule has 1 atom stereocenters. The molecule has 1 unspecified atom stereocenters. The molecule has 2 aromatic heterocycles. The van der Waals surface area contributed by atoms with E-state index in [1.807, 2.05) is 25.5 Å². The Kier molecular flexibility index (Phi) is 3.47. The predicted molar refractivity (Wildman–Crippen MR) is 87.9 cm³/mol. The quantitative estimate of drug-likeness (QED) is 0.873. The average molecular weight is 337 g/mol. The molecule has 4 rings (SSSR count). The van der Waals surface area contributed by atoms with Gasteiger partial charge in [-0.3, -0.25) is 4.90 Å². The van der Waals surface area contributed by atoms with Crippen LogP contribution in [0.2, 0.25) is 5.15 Å². The van der Waals surface area contributed by atoms with Crippen molar-refractivity contribution in [2.75, 3.05) is 25.5 Å². The van der Waals surface area contributed by atoms with Crippen molar-refractivity contribution in [3.05, 3.63) is 34.1 Å². The molecule has 1 N–H and O–H groups in total. The van der Waals surface area contributed by atoms with E-state index in [1.54, 1.807) is 11.3 Å². The van der Waals surface area contributed by atoms with Crippen LogP contribution in [0.3, 0.4) is 0 Å². The van der Waals surface area contributed by atoms with Crippen LogP contribution in [0.25, 0.3) is 0 Å². The van der Waals surface area contributed by atoms with Crippen LogP contribution in [-0.4, -0.2) is 40.6 Å². The van der Waals surface area contributed by atoms with Gasteiger partial charge in [0, 0.05) is 68.4 Å². The van der Waals surface area contributed by atoms with Crippen LogP contribution in [0.15, 0.2) is 18.5 Å². The van der Waals surface area contributed by atoms with Gasteiger partial charge < -0.3 is 10.1 Å². The average Bonchev–Trinajstić information content (AvgIpc) is 3.18. The Morgan fingerprint density at radius 1 is 1.45 bits per heavy atom. The number of ether oxygens (including phenoxy) is 1. The number of rotatable bonds is 3. The van der Waals surface area contributed by atoms with Gasteiger partial charge in [0.25, 0.3) is 0 Å². The van der Waals surface area contributed by atoms with Crippen LogP contribution in [0.4, 0.5) is 5.13 Å². The van der Waals surface area contributed by atoms with Crippen molar-refractivity contribution >= 4 is 28.1 Å². The Bertz CT molecular complexity index is 707. The molecule has 0 bridgehead atoms. The maximum absolute atomic E-state index is 6.24. The van der Waals surface area contributed by atoms with Crippen LogP contribution in [0.1, 0.15) is 16.9 Å². The molecule has 4 heterocycles. The first-order valence-corrected chi connectivity index (χ1v) is 8.53. The molecule has 0 amide bonds. The van der Waals surface area contributed by atoms with Crippen LogP contribution in [0, 0.1) is 0 Å². The second kappa shape index (κ2) is 5.37. The summed E-state index contributed by atoms with van der Waals surface area (Å²) in [5, 5.41) is 4.54. The lowest BCUT2D eigenvalue weighted by atomic mass is 9.97. The molecular weight excluding hydrogens is 320 g/mol. The molecule has 0 aliphatic carbocycles. The molecule has 1 spiro atoms. The fourth-order valence-electron chi connectivity index (χ4n) is 3.29. The first kappa shape index (κ1) is 14.2. The lowest BCUT2D eigenvalue weighted by Crippen LogP contribution is -2.37. The number of pyridine rings is 1. The minimum absolute atomic E-state index is 0.106. The molecule has 22 heavy (non-hydrogen) atoms. The highest BCUT2D eigenvalue weighted by Gasteiger charge is 2.45. The SMILES string of the molecule is CNc1ncc(CN2CCC3(Cc4cnc(Cl)cc4O3)C2)s1. The van der Waals surface area contributed by atoms with Crippen molar-refractivity contribution in [1.29, 1.82) is 0 Å². The lowest BCUT2D eigenvalue weighted by molar-refractivity contribution is 0.101. The van der Waals surface area contributed by atoms with Crippen molar-refractivity contribution in [2.45, 2.75) is 25.0 Å². The summed E-state index contributed by atoms with van der Waals surface area (Å²) >= 11 is 7.67. The van der Waals surface area contributed by atoms with E-state index in [4.69, 9.17) is 16.3 Å². The summed E-state index contributed by atoms with van der Waals surface area (Å²) in [6.45, 7) is 2.91. The highest BCUT2D eigenvalue weighted by Crippen LogP contribution is 2.41. The molecule has 116 valence electrons. The van der Waals surface area contributed by atoms with Crippen molar-refractivity contribution in [3.8, 4) is 5.75 Å². The molecule has 0 saturated carbocycles. The smallest absolute Gasteiger partial charge is 0.182 e. The zero-order chi connectivity index (χ0) is 15.2. The van der Waals surface area contributed by atoms with E-state index >= 15 is 0 Å². The Hall–Kier alpha value is -1.37. The third kappa shape index (κ3) is 2.55. The Morgan fingerprint density at radius 3 is 3.18 bits per heavy atom. The van der Waals surface area contributed by atoms with Gasteiger partial charge in [0.05, 0.1) is 0 Å². The molecule has 1 fully saturated rings. The summed E-state index contributed by atoms with van der Waals surface area (Å²) in [6.07, 6.45) is 5.76. The minimum atomic E-state index is -0.106. The number of thiazole rings is 1. The first-order valence-electron chi connectivity index (χ1n) is 7.34. The number of hydrogen-bond acceptors (Lipinski definition) is 6. The van der Waals surface area contributed by atoms with E-state index in [0.29, 0.717) is 5.15 Å². The molecule has 2 aliphatic heterocycles. The third-order valence-electron chi connectivity index (χ3n) is 4.29. The molecule has 0 radical (unpaired) electrons. The Morgan fingerprint density at radius 2 is 2.36 bits per heavy atom. The summed E-state index contributed by atoms with van der Waals surface area (Å²) in [5.41, 5.74) is 1.06. The van der Waals surface area contributed by atoms with Gasteiger partial charge in [-0.15, -0.1) is 11.3 Å². The molecule has 2 aliphatic rings. The third-order valence-corrected chi connectivity index (χ3v) is 5.50. The molecule has 1 saturated heterocycles. The van der Waals surface area contributed by atoms with Crippen LogP contribution in [-0.2, 0) is 13.0 Å². The summed E-state index contributed by atoms with van der Waals surface area (Å²) in [5.74, 6) is 0.900. The zero-order valence-corrected chi connectivity index (χ0v) is 13.9. The van der Waals surface area contributed by atoms with Gasteiger partial charge in [-0.25, -0.2) is 9.97 Å². The van der Waals surface area contributed by atoms with Gasteiger partial charge in [0.1, 0.15) is 16.5 Å². The second-order valence-corrected chi connectivity index (χ2v) is 7.42. The predicted octanol–water partition coefficient (Wildman–Crippen LogP) is 2.81. The zero-order valence-electron chi connectivity index (χ0n) is 12.3. The van der Waals surface area contributed by atoms with Crippen LogP contribution >= 0.6 is 22.9 Å². The standard InChI is InChI=1S/C15H17ClN4OS/c1-17-14-19-7-11(22-14)8-20-3-2-15(9-20)5-10-6-18-13(16)4-12(10)21-15/h4,6-7H,2-3,5,8-9H2,1H3,(H,17,19). The normalized spacial score (nSPS) is 23.7. The summed E-state index contributed by atoms with van der Waals surface area (Å²) in [7, 11) is 1.90. The van der Waals surface area contributed by atoms with E-state index in [1.165, 1.54) is 10.4 Å². The second-order valence-electron chi connectivity index (χ2n) is 5.92. The maximum atomic E-state index is 6.24. The fraction of sp³-hybridized carbons (Fsp3) is 0.467. The molecule has 7 heteroatoms. The number of hydrogen-bond donors (Lipinski definition) is 1. The lowest BCUT2D eigenvalue weighted by Gasteiger charge is -2.23. The van der Waals surface area contributed by atoms with Gasteiger partial charge in [-0.1, -0.05) is 11.6 Å². The van der Waals surface area contributed by atoms with Gasteiger partial charge in [0.15, 0.2) is 5.13 Å². The van der Waals surface area contributed by atoms with E-state index in [2.05, 4.69) is 20.2 Å². The summed E-state index contributed by atoms with van der Waals surface area (Å²) in [4.78, 5) is 12.2. The van der Waals surface area contributed by atoms with Gasteiger partial charge in [0.2, 0.25) is 0 Å². The Balaban J connectivity index is 1.45. The maximum Gasteiger partial charge on any atom is 0.182 e. The topological polar surface area (TPSA) is 50.3 Å². The first-order chi connectivity index (χ1) is 10.7. The summed E-state index contributed by atoms with van der Waals surface area (Å²) < 4.78 is 6.24. The summed E-state index contributed by atoms with van der Waals surface area (Å²) in [6, 6.07) is 1.83. The number of anilines is 1. The van der Waals surface area contributed by atoms with E-state index in [9.17, 15) is 0 Å². The number of aromatic nitrogens is 2. The number of likely N-dealkylation sites (tertiary alicyclic amines) is 1. The van der Waals surface area contributed by atoms with E-state index < -0.39 is 0 Å². The number of fused-ring (bicyclic) bond motifs is 1. The van der Waals surface area contributed by atoms with Gasteiger partial charge in [-0.05, 0) is 0 Å². The minimum Gasteiger partial charge on any atom is -0.485 e.